The van der Waals surface area contributed by atoms with Crippen LogP contribution in [-0.2, 0) is 5.41 Å². The zero-order valence-electron chi connectivity index (χ0n) is 24.2. The molecule has 1 aliphatic rings. The molecule has 1 aliphatic carbocycles. The summed E-state index contributed by atoms with van der Waals surface area (Å²) in [5.74, 6) is 0. The summed E-state index contributed by atoms with van der Waals surface area (Å²) in [5, 5.41) is 8.76. The van der Waals surface area contributed by atoms with Gasteiger partial charge in [0.15, 0.2) is 0 Å². The summed E-state index contributed by atoms with van der Waals surface area (Å²) in [4.78, 5) is 5.32. The predicted molar refractivity (Wildman–Crippen MR) is 183 cm³/mol. The van der Waals surface area contributed by atoms with Gasteiger partial charge < -0.3 is 0 Å². The number of rotatable bonds is 2. The van der Waals surface area contributed by atoms with Crippen molar-refractivity contribution in [3.05, 3.63) is 151 Å². The normalized spacial score (nSPS) is 13.5. The first kappa shape index (κ1) is 24.3. The average Bonchev–Trinajstić information content (AvgIpc) is 3.30. The van der Waals surface area contributed by atoms with Crippen LogP contribution in [-0.4, -0.2) is 4.98 Å². The van der Waals surface area contributed by atoms with Gasteiger partial charge in [-0.1, -0.05) is 141 Å². The van der Waals surface area contributed by atoms with Gasteiger partial charge in [0, 0.05) is 27.1 Å². The summed E-state index contributed by atoms with van der Waals surface area (Å²) in [5.41, 5.74) is 11.2. The number of hydrogen-bond acceptors (Lipinski definition) is 1. The fourth-order valence-corrected chi connectivity index (χ4v) is 7.54. The molecule has 7 aromatic carbocycles. The highest BCUT2D eigenvalue weighted by molar-refractivity contribution is 6.33. The second-order valence-electron chi connectivity index (χ2n) is 12.3. The van der Waals surface area contributed by atoms with Gasteiger partial charge in [0.05, 0.1) is 11.2 Å². The Labute approximate surface area is 251 Å². The van der Waals surface area contributed by atoms with Crippen LogP contribution in [0.2, 0.25) is 0 Å². The molecule has 0 aliphatic heterocycles. The predicted octanol–water partition coefficient (Wildman–Crippen LogP) is 11.3. The molecular formula is C42H29N. The van der Waals surface area contributed by atoms with Crippen molar-refractivity contribution in [3.63, 3.8) is 0 Å². The van der Waals surface area contributed by atoms with Crippen molar-refractivity contribution in [1.82, 2.24) is 4.98 Å². The van der Waals surface area contributed by atoms with Crippen molar-refractivity contribution in [2.45, 2.75) is 19.3 Å². The maximum Gasteiger partial charge on any atom is 0.0794 e. The van der Waals surface area contributed by atoms with Gasteiger partial charge in [0.25, 0.3) is 0 Å². The molecule has 202 valence electrons. The topological polar surface area (TPSA) is 12.9 Å². The monoisotopic (exact) mass is 547 g/mol. The van der Waals surface area contributed by atoms with Crippen molar-refractivity contribution >= 4 is 43.2 Å². The van der Waals surface area contributed by atoms with Crippen molar-refractivity contribution < 1.29 is 0 Å². The van der Waals surface area contributed by atoms with E-state index in [0.29, 0.717) is 0 Å². The third kappa shape index (κ3) is 3.43. The molecule has 1 aromatic heterocycles. The summed E-state index contributed by atoms with van der Waals surface area (Å²) in [6, 6.07) is 51.0. The second-order valence-corrected chi connectivity index (χ2v) is 12.3. The number of aromatic nitrogens is 1. The van der Waals surface area contributed by atoms with E-state index in [-0.39, 0.29) is 5.41 Å². The molecule has 8 aromatic rings. The third-order valence-electron chi connectivity index (χ3n) is 9.65. The number of para-hydroxylation sites is 1. The number of pyridine rings is 1. The molecule has 0 saturated carbocycles. The summed E-state index contributed by atoms with van der Waals surface area (Å²) in [7, 11) is 0. The van der Waals surface area contributed by atoms with E-state index in [1.54, 1.807) is 0 Å². The maximum absolute atomic E-state index is 5.32. The van der Waals surface area contributed by atoms with Crippen molar-refractivity contribution in [2.75, 3.05) is 0 Å². The maximum atomic E-state index is 5.32. The fraction of sp³-hybridized carbons (Fsp3) is 0.0714. The van der Waals surface area contributed by atoms with E-state index in [2.05, 4.69) is 153 Å². The van der Waals surface area contributed by atoms with E-state index in [1.807, 2.05) is 0 Å². The van der Waals surface area contributed by atoms with Crippen LogP contribution < -0.4 is 0 Å². The molecule has 9 rings (SSSR count). The minimum atomic E-state index is -0.0142. The Morgan fingerprint density at radius 1 is 0.419 bits per heavy atom. The summed E-state index contributed by atoms with van der Waals surface area (Å²) in [6.07, 6.45) is 0. The van der Waals surface area contributed by atoms with Crippen LogP contribution in [0.25, 0.3) is 76.7 Å². The van der Waals surface area contributed by atoms with E-state index >= 15 is 0 Å². The molecule has 0 spiro atoms. The van der Waals surface area contributed by atoms with Crippen LogP contribution in [0.1, 0.15) is 25.0 Å². The molecule has 1 heteroatoms. The van der Waals surface area contributed by atoms with Crippen LogP contribution in [0.4, 0.5) is 0 Å². The first-order valence-electron chi connectivity index (χ1n) is 15.1. The lowest BCUT2D eigenvalue weighted by Gasteiger charge is -2.22. The fourth-order valence-electron chi connectivity index (χ4n) is 7.54. The Hall–Kier alpha value is -5.27. The lowest BCUT2D eigenvalue weighted by atomic mass is 9.81. The van der Waals surface area contributed by atoms with Crippen LogP contribution in [0.15, 0.2) is 140 Å². The molecule has 0 fully saturated rings. The first-order chi connectivity index (χ1) is 21.1. The molecule has 0 N–H and O–H groups in total. The zero-order chi connectivity index (χ0) is 28.7. The van der Waals surface area contributed by atoms with Crippen LogP contribution in [0.5, 0.6) is 0 Å². The van der Waals surface area contributed by atoms with E-state index in [0.717, 1.165) is 16.8 Å². The number of fused-ring (bicyclic) bond motifs is 11. The molecule has 0 bridgehead atoms. The summed E-state index contributed by atoms with van der Waals surface area (Å²) < 4.78 is 0. The van der Waals surface area contributed by atoms with Gasteiger partial charge in [-0.05, 0) is 67.1 Å². The summed E-state index contributed by atoms with van der Waals surface area (Å²) in [6.45, 7) is 4.68. The smallest absolute Gasteiger partial charge is 0.0794 e. The third-order valence-corrected chi connectivity index (χ3v) is 9.65. The van der Waals surface area contributed by atoms with Crippen LogP contribution in [0, 0.1) is 0 Å². The number of hydrogen-bond donors (Lipinski definition) is 0. The van der Waals surface area contributed by atoms with E-state index in [4.69, 9.17) is 4.98 Å². The lowest BCUT2D eigenvalue weighted by molar-refractivity contribution is 0.660. The molecule has 0 radical (unpaired) electrons. The molecule has 0 amide bonds. The number of nitrogens with zero attached hydrogens (tertiary/aromatic N) is 1. The van der Waals surface area contributed by atoms with Gasteiger partial charge in [-0.2, -0.15) is 0 Å². The Morgan fingerprint density at radius 2 is 0.953 bits per heavy atom. The second kappa shape index (κ2) is 8.86. The average molecular weight is 548 g/mol. The van der Waals surface area contributed by atoms with Crippen molar-refractivity contribution in [2.24, 2.45) is 0 Å². The quantitative estimate of drug-likeness (QED) is 0.196. The molecular weight excluding hydrogens is 518 g/mol. The first-order valence-corrected chi connectivity index (χ1v) is 15.1. The number of benzene rings is 7. The Kier molecular flexibility index (Phi) is 5.02. The van der Waals surface area contributed by atoms with Crippen LogP contribution >= 0.6 is 0 Å². The Bertz CT molecular complexity index is 2410. The standard InChI is InChI=1S/C42H29N/c1-42(2)36-17-9-7-13-31(36)32-24-23-28(25-37(32)42)26-19-21-27(22-20-26)41-40-34-15-6-4-12-30(34)29-11-3-5-14-33(29)39(40)35-16-8-10-18-38(35)43-41/h3-25H,1-2H3. The largest absolute Gasteiger partial charge is 0.247 e. The molecule has 1 nitrogen and oxygen atoms in total. The van der Waals surface area contributed by atoms with Gasteiger partial charge >= 0.3 is 0 Å². The van der Waals surface area contributed by atoms with E-state index in [1.165, 1.54) is 71.1 Å². The minimum absolute atomic E-state index is 0.0142. The van der Waals surface area contributed by atoms with Gasteiger partial charge in [-0.3, -0.25) is 0 Å². The molecule has 43 heavy (non-hydrogen) atoms. The highest BCUT2D eigenvalue weighted by Crippen LogP contribution is 2.49. The molecule has 0 atom stereocenters. The van der Waals surface area contributed by atoms with Gasteiger partial charge in [-0.15, -0.1) is 0 Å². The summed E-state index contributed by atoms with van der Waals surface area (Å²) >= 11 is 0. The highest BCUT2D eigenvalue weighted by Gasteiger charge is 2.35. The Morgan fingerprint density at radius 3 is 1.70 bits per heavy atom. The van der Waals surface area contributed by atoms with E-state index in [9.17, 15) is 0 Å². The van der Waals surface area contributed by atoms with E-state index < -0.39 is 0 Å². The zero-order valence-corrected chi connectivity index (χ0v) is 24.2. The van der Waals surface area contributed by atoms with Crippen molar-refractivity contribution in [1.29, 1.82) is 0 Å². The minimum Gasteiger partial charge on any atom is -0.247 e. The van der Waals surface area contributed by atoms with Crippen molar-refractivity contribution in [3.8, 4) is 33.5 Å². The van der Waals surface area contributed by atoms with Gasteiger partial charge in [-0.25, -0.2) is 4.98 Å². The highest BCUT2D eigenvalue weighted by atomic mass is 14.7. The lowest BCUT2D eigenvalue weighted by Crippen LogP contribution is -2.14. The van der Waals surface area contributed by atoms with Crippen LogP contribution in [0.3, 0.4) is 0 Å². The molecule has 0 saturated heterocycles. The molecule has 0 unspecified atom stereocenters. The van der Waals surface area contributed by atoms with Gasteiger partial charge in [0.2, 0.25) is 0 Å². The van der Waals surface area contributed by atoms with Gasteiger partial charge in [0.1, 0.15) is 0 Å². The Balaban J connectivity index is 1.25. The molecule has 1 heterocycles. The SMILES string of the molecule is CC1(C)c2ccccc2-c2ccc(-c3ccc(-c4nc5ccccc5c5c6ccccc6c6ccccc6c45)cc3)cc21.